The van der Waals surface area contributed by atoms with Crippen LogP contribution in [0.15, 0.2) is 194 Å². The number of aromatic nitrogens is 4. The molecule has 0 amide bonds. The number of hydrogen-bond donors (Lipinski definition) is 0. The van der Waals surface area contributed by atoms with Crippen molar-refractivity contribution >= 4 is 86.8 Å². The molecule has 0 atom stereocenters. The van der Waals surface area contributed by atoms with Gasteiger partial charge in [-0.05, 0) is 79.8 Å². The third kappa shape index (κ3) is 4.19. The predicted molar refractivity (Wildman–Crippen MR) is 251 cm³/mol. The lowest BCUT2D eigenvalue weighted by Gasteiger charge is -2.15. The zero-order valence-electron chi connectivity index (χ0n) is 32.3. The smallest absolute Gasteiger partial charge is 0.235 e. The Morgan fingerprint density at radius 3 is 1.78 bits per heavy atom. The lowest BCUT2D eigenvalue weighted by atomic mass is 9.91. The van der Waals surface area contributed by atoms with Crippen molar-refractivity contribution < 1.29 is 0 Å². The largest absolute Gasteiger partial charge is 0.308 e. The highest BCUT2D eigenvalue weighted by Crippen LogP contribution is 2.51. The number of benzene rings is 10. The summed E-state index contributed by atoms with van der Waals surface area (Å²) in [5.74, 6) is 0.650. The fourth-order valence-electron chi connectivity index (χ4n) is 10.5. The van der Waals surface area contributed by atoms with E-state index in [0.717, 1.165) is 38.6 Å². The molecule has 4 nitrogen and oxygen atoms in total. The van der Waals surface area contributed by atoms with Crippen molar-refractivity contribution in [2.75, 3.05) is 0 Å². The van der Waals surface area contributed by atoms with Crippen LogP contribution in [-0.4, -0.2) is 19.1 Å². The second-order valence-corrected chi connectivity index (χ2v) is 16.1. The lowest BCUT2D eigenvalue weighted by Crippen LogP contribution is -2.04. The number of nitrogens with zero attached hydrogens (tertiary/aromatic N) is 4. The Balaban J connectivity index is 1.16. The van der Waals surface area contributed by atoms with E-state index in [0.29, 0.717) is 5.95 Å². The van der Waals surface area contributed by atoms with Gasteiger partial charge in [0.2, 0.25) is 5.95 Å². The highest BCUT2D eigenvalue weighted by molar-refractivity contribution is 6.28. The third-order valence-corrected chi connectivity index (χ3v) is 13.0. The van der Waals surface area contributed by atoms with E-state index in [2.05, 4.69) is 203 Å². The van der Waals surface area contributed by atoms with Crippen LogP contribution < -0.4 is 0 Å². The molecule has 10 aromatic carbocycles. The Kier molecular flexibility index (Phi) is 6.26. The highest BCUT2D eigenvalue weighted by Gasteiger charge is 2.29. The Hall–Kier alpha value is -8.08. The Bertz CT molecular complexity index is 4020. The molecular formula is C56H32N4. The summed E-state index contributed by atoms with van der Waals surface area (Å²) in [5.41, 5.74) is 13.6. The van der Waals surface area contributed by atoms with Gasteiger partial charge < -0.3 is 4.57 Å². The molecular weight excluding hydrogens is 729 g/mol. The van der Waals surface area contributed by atoms with E-state index >= 15 is 0 Å². The van der Waals surface area contributed by atoms with Crippen LogP contribution in [0, 0.1) is 0 Å². The van der Waals surface area contributed by atoms with E-state index in [4.69, 9.17) is 9.97 Å². The molecule has 0 radical (unpaired) electrons. The summed E-state index contributed by atoms with van der Waals surface area (Å²) in [6, 6.07) is 70.7. The van der Waals surface area contributed by atoms with Crippen LogP contribution in [0.1, 0.15) is 0 Å². The van der Waals surface area contributed by atoms with Gasteiger partial charge in [-0.15, -0.1) is 0 Å². The molecule has 4 heteroatoms. The molecule has 0 bridgehead atoms. The van der Waals surface area contributed by atoms with Gasteiger partial charge in [-0.3, -0.25) is 4.57 Å². The van der Waals surface area contributed by atoms with Crippen LogP contribution in [0.3, 0.4) is 0 Å². The highest BCUT2D eigenvalue weighted by atomic mass is 15.2. The maximum absolute atomic E-state index is 5.71. The Morgan fingerprint density at radius 2 is 0.950 bits per heavy atom. The van der Waals surface area contributed by atoms with E-state index in [-0.39, 0.29) is 0 Å². The quantitative estimate of drug-likeness (QED) is 0.165. The van der Waals surface area contributed by atoms with Gasteiger partial charge in [0.15, 0.2) is 0 Å². The number of fused-ring (bicyclic) bond motifs is 18. The Morgan fingerprint density at radius 1 is 0.350 bits per heavy atom. The first-order chi connectivity index (χ1) is 29.8. The molecule has 4 heterocycles. The summed E-state index contributed by atoms with van der Waals surface area (Å²) in [6.45, 7) is 0. The zero-order valence-corrected chi connectivity index (χ0v) is 32.3. The number of hydrogen-bond acceptors (Lipinski definition) is 2. The number of rotatable bonds is 2. The fraction of sp³-hybridized carbons (Fsp3) is 0. The van der Waals surface area contributed by atoms with Crippen molar-refractivity contribution in [3.05, 3.63) is 194 Å². The monoisotopic (exact) mass is 760 g/mol. The molecule has 60 heavy (non-hydrogen) atoms. The van der Waals surface area contributed by atoms with Crippen molar-refractivity contribution in [3.8, 4) is 45.1 Å². The molecule has 0 fully saturated rings. The summed E-state index contributed by atoms with van der Waals surface area (Å²) in [4.78, 5) is 11.2. The van der Waals surface area contributed by atoms with Crippen molar-refractivity contribution in [2.45, 2.75) is 0 Å². The molecule has 0 saturated heterocycles. The molecule has 14 rings (SSSR count). The van der Waals surface area contributed by atoms with Crippen LogP contribution in [-0.2, 0) is 0 Å². The molecule has 1 aliphatic heterocycles. The van der Waals surface area contributed by atoms with Gasteiger partial charge in [0.05, 0.1) is 39.0 Å². The molecule has 13 aromatic rings. The van der Waals surface area contributed by atoms with Crippen LogP contribution in [0.5, 0.6) is 0 Å². The summed E-state index contributed by atoms with van der Waals surface area (Å²) in [7, 11) is 0. The molecule has 276 valence electrons. The normalized spacial score (nSPS) is 12.3. The molecule has 0 unspecified atom stereocenters. The maximum atomic E-state index is 5.71. The van der Waals surface area contributed by atoms with Gasteiger partial charge in [0.25, 0.3) is 0 Å². The SMILES string of the molecule is c1ccc2c(c1)-c1ccccc1-n1c3ccccc3c3cc4c(c-2c31)c1ccccc1n4-c1nc(-c2ccc3ccc4ccccc4c3c2)c2c(ccc3ccccc32)n1. The minimum absolute atomic E-state index is 0.650. The minimum Gasteiger partial charge on any atom is -0.308 e. The standard InChI is InChI=1S/C56H32N4/c1-3-15-37-33(13-1)25-26-35-27-28-36(31-44(35)37)54-51-38-16-4-2-14-34(38)29-30-46(51)57-56(58-54)60-49-24-12-9-21-43(49)52-50(60)32-45-41-19-8-11-23-48(41)59-47-22-10-7-18-40(47)39-17-5-6-20-42(39)53(52)55(45)59/h1-32H. The zero-order chi connectivity index (χ0) is 39.1. The Labute approximate surface area is 343 Å². The van der Waals surface area contributed by atoms with Crippen LogP contribution in [0.25, 0.3) is 132 Å². The van der Waals surface area contributed by atoms with Crippen molar-refractivity contribution in [2.24, 2.45) is 0 Å². The van der Waals surface area contributed by atoms with Crippen molar-refractivity contribution in [1.82, 2.24) is 19.1 Å². The minimum atomic E-state index is 0.650. The van der Waals surface area contributed by atoms with E-state index in [1.165, 1.54) is 87.5 Å². The van der Waals surface area contributed by atoms with Crippen LogP contribution in [0.2, 0.25) is 0 Å². The van der Waals surface area contributed by atoms with Gasteiger partial charge >= 0.3 is 0 Å². The second kappa shape index (κ2) is 11.8. The summed E-state index contributed by atoms with van der Waals surface area (Å²) < 4.78 is 4.82. The molecule has 0 N–H and O–H groups in total. The summed E-state index contributed by atoms with van der Waals surface area (Å²) >= 11 is 0. The first-order valence-electron chi connectivity index (χ1n) is 20.6. The average molecular weight is 761 g/mol. The van der Waals surface area contributed by atoms with E-state index in [9.17, 15) is 0 Å². The number of para-hydroxylation sites is 3. The molecule has 0 spiro atoms. The van der Waals surface area contributed by atoms with Crippen LogP contribution in [0.4, 0.5) is 0 Å². The van der Waals surface area contributed by atoms with E-state index < -0.39 is 0 Å². The van der Waals surface area contributed by atoms with E-state index in [1.54, 1.807) is 0 Å². The second-order valence-electron chi connectivity index (χ2n) is 16.1. The molecule has 0 saturated carbocycles. The van der Waals surface area contributed by atoms with Gasteiger partial charge in [-0.2, -0.15) is 0 Å². The average Bonchev–Trinajstić information content (AvgIpc) is 3.78. The van der Waals surface area contributed by atoms with Gasteiger partial charge in [0.1, 0.15) is 0 Å². The first-order valence-corrected chi connectivity index (χ1v) is 20.6. The molecule has 1 aliphatic rings. The topological polar surface area (TPSA) is 35.6 Å². The predicted octanol–water partition coefficient (Wildman–Crippen LogP) is 14.6. The van der Waals surface area contributed by atoms with Gasteiger partial charge in [-0.25, -0.2) is 9.97 Å². The molecule has 3 aromatic heterocycles. The van der Waals surface area contributed by atoms with Crippen LogP contribution >= 0.6 is 0 Å². The molecule has 0 aliphatic carbocycles. The van der Waals surface area contributed by atoms with Gasteiger partial charge in [-0.1, -0.05) is 158 Å². The summed E-state index contributed by atoms with van der Waals surface area (Å²) in [5, 5.41) is 13.0. The van der Waals surface area contributed by atoms with Crippen molar-refractivity contribution in [1.29, 1.82) is 0 Å². The van der Waals surface area contributed by atoms with Gasteiger partial charge in [0, 0.05) is 43.6 Å². The first kappa shape index (κ1) is 31.9. The summed E-state index contributed by atoms with van der Waals surface area (Å²) in [6.07, 6.45) is 0. The third-order valence-electron chi connectivity index (χ3n) is 13.0. The lowest BCUT2D eigenvalue weighted by molar-refractivity contribution is 1.02. The van der Waals surface area contributed by atoms with E-state index in [1.807, 2.05) is 0 Å². The fourth-order valence-corrected chi connectivity index (χ4v) is 10.5. The van der Waals surface area contributed by atoms with Crippen molar-refractivity contribution in [3.63, 3.8) is 0 Å². The maximum Gasteiger partial charge on any atom is 0.235 e.